The largest absolute Gasteiger partial charge is 0.481 e. The van der Waals surface area contributed by atoms with Crippen LogP contribution in [-0.2, 0) is 11.2 Å². The normalized spacial score (nSPS) is 19.0. The van der Waals surface area contributed by atoms with Crippen molar-refractivity contribution in [3.05, 3.63) is 29.3 Å². The lowest BCUT2D eigenvalue weighted by molar-refractivity contribution is -0.127. The number of nitrogens with one attached hydrogen (secondary N) is 2. The fourth-order valence-corrected chi connectivity index (χ4v) is 2.81. The van der Waals surface area contributed by atoms with Gasteiger partial charge in [-0.05, 0) is 70.3 Å². The Hall–Kier alpha value is -1.55. The van der Waals surface area contributed by atoms with Crippen LogP contribution in [-0.4, -0.2) is 25.1 Å². The van der Waals surface area contributed by atoms with Gasteiger partial charge in [-0.2, -0.15) is 0 Å². The number of amides is 1. The van der Waals surface area contributed by atoms with E-state index in [4.69, 9.17) is 4.74 Å². The highest BCUT2D eigenvalue weighted by Crippen LogP contribution is 2.32. The first-order valence-corrected chi connectivity index (χ1v) is 7.78. The van der Waals surface area contributed by atoms with E-state index in [2.05, 4.69) is 22.8 Å². The summed E-state index contributed by atoms with van der Waals surface area (Å²) < 4.78 is 5.80. The fraction of sp³-hybridized carbons (Fsp3) is 0.588. The molecule has 1 aliphatic carbocycles. The molecule has 0 aliphatic heterocycles. The number of hydrogen-bond donors (Lipinski definition) is 2. The van der Waals surface area contributed by atoms with Crippen molar-refractivity contribution in [1.82, 2.24) is 10.6 Å². The Kier molecular flexibility index (Phi) is 5.23. The van der Waals surface area contributed by atoms with Gasteiger partial charge in [0.2, 0.25) is 0 Å². The third-order valence-electron chi connectivity index (χ3n) is 3.89. The molecule has 4 nitrogen and oxygen atoms in total. The molecule has 4 heteroatoms. The Bertz CT molecular complexity index is 500. The minimum Gasteiger partial charge on any atom is -0.481 e. The van der Waals surface area contributed by atoms with Crippen LogP contribution in [0, 0.1) is 0 Å². The Balaban J connectivity index is 2.09. The average Bonchev–Trinajstić information content (AvgIpc) is 2.45. The van der Waals surface area contributed by atoms with Crippen LogP contribution in [0.5, 0.6) is 5.75 Å². The van der Waals surface area contributed by atoms with E-state index in [-0.39, 0.29) is 11.9 Å². The molecular weight excluding hydrogens is 264 g/mol. The maximum atomic E-state index is 11.9. The maximum Gasteiger partial charge on any atom is 0.260 e. The highest BCUT2D eigenvalue weighted by Gasteiger charge is 2.21. The molecule has 0 saturated carbocycles. The molecule has 0 aromatic heterocycles. The van der Waals surface area contributed by atoms with Gasteiger partial charge >= 0.3 is 0 Å². The summed E-state index contributed by atoms with van der Waals surface area (Å²) in [5, 5.41) is 6.22. The first kappa shape index (κ1) is 15.8. The van der Waals surface area contributed by atoms with Crippen molar-refractivity contribution in [2.75, 3.05) is 7.05 Å². The summed E-state index contributed by atoms with van der Waals surface area (Å²) in [5.74, 6) is 0.690. The third-order valence-corrected chi connectivity index (χ3v) is 3.89. The van der Waals surface area contributed by atoms with E-state index in [1.54, 1.807) is 6.92 Å². The predicted molar refractivity (Wildman–Crippen MR) is 84.5 cm³/mol. The molecule has 0 spiro atoms. The van der Waals surface area contributed by atoms with E-state index in [1.807, 2.05) is 27.0 Å². The van der Waals surface area contributed by atoms with Crippen molar-refractivity contribution in [1.29, 1.82) is 0 Å². The lowest BCUT2D eigenvalue weighted by Crippen LogP contribution is -2.40. The second kappa shape index (κ2) is 6.94. The topological polar surface area (TPSA) is 50.4 Å². The summed E-state index contributed by atoms with van der Waals surface area (Å²) in [6.07, 6.45) is 3.00. The maximum absolute atomic E-state index is 11.9. The zero-order chi connectivity index (χ0) is 15.4. The lowest BCUT2D eigenvalue weighted by Gasteiger charge is -2.26. The summed E-state index contributed by atoms with van der Waals surface area (Å²) in [7, 11) is 1.99. The number of carbonyl (C=O) groups is 1. The third kappa shape index (κ3) is 3.97. The first-order valence-electron chi connectivity index (χ1n) is 7.78. The monoisotopic (exact) mass is 290 g/mol. The first-order chi connectivity index (χ1) is 10.0. The number of ether oxygens (including phenoxy) is 1. The Morgan fingerprint density at radius 3 is 2.76 bits per heavy atom. The van der Waals surface area contributed by atoms with E-state index in [1.165, 1.54) is 17.5 Å². The molecular formula is C17H26N2O2. The molecule has 0 heterocycles. The van der Waals surface area contributed by atoms with Crippen LogP contribution in [0.2, 0.25) is 0 Å². The van der Waals surface area contributed by atoms with Gasteiger partial charge in [0.1, 0.15) is 5.75 Å². The van der Waals surface area contributed by atoms with Crippen LogP contribution < -0.4 is 15.4 Å². The molecule has 21 heavy (non-hydrogen) atoms. The zero-order valence-electron chi connectivity index (χ0n) is 13.4. The van der Waals surface area contributed by atoms with E-state index in [0.29, 0.717) is 6.04 Å². The van der Waals surface area contributed by atoms with Crippen LogP contribution >= 0.6 is 0 Å². The van der Waals surface area contributed by atoms with E-state index >= 15 is 0 Å². The zero-order valence-corrected chi connectivity index (χ0v) is 13.4. The van der Waals surface area contributed by atoms with E-state index in [0.717, 1.165) is 18.6 Å². The molecule has 2 N–H and O–H groups in total. The van der Waals surface area contributed by atoms with Gasteiger partial charge < -0.3 is 15.4 Å². The molecule has 0 radical (unpaired) electrons. The summed E-state index contributed by atoms with van der Waals surface area (Å²) >= 11 is 0. The van der Waals surface area contributed by atoms with Crippen LogP contribution in [0.3, 0.4) is 0 Å². The van der Waals surface area contributed by atoms with E-state index < -0.39 is 6.10 Å². The molecule has 0 bridgehead atoms. The smallest absolute Gasteiger partial charge is 0.260 e. The van der Waals surface area contributed by atoms with E-state index in [9.17, 15) is 4.79 Å². The molecule has 2 atom stereocenters. The van der Waals surface area contributed by atoms with Crippen LogP contribution in [0.25, 0.3) is 0 Å². The lowest BCUT2D eigenvalue weighted by atomic mass is 9.87. The van der Waals surface area contributed by atoms with Gasteiger partial charge in [0.15, 0.2) is 6.10 Å². The van der Waals surface area contributed by atoms with Crippen molar-refractivity contribution < 1.29 is 9.53 Å². The molecule has 0 saturated heterocycles. The van der Waals surface area contributed by atoms with Gasteiger partial charge in [-0.25, -0.2) is 0 Å². The Labute approximate surface area is 127 Å². The highest BCUT2D eigenvalue weighted by atomic mass is 16.5. The number of fused-ring (bicyclic) bond motifs is 1. The van der Waals surface area contributed by atoms with Crippen molar-refractivity contribution in [2.45, 2.75) is 58.2 Å². The molecule has 116 valence electrons. The van der Waals surface area contributed by atoms with Crippen LogP contribution in [0.1, 0.15) is 50.8 Å². The molecule has 1 aliphatic rings. The second-order valence-electron chi connectivity index (χ2n) is 6.02. The van der Waals surface area contributed by atoms with Crippen molar-refractivity contribution in [2.24, 2.45) is 0 Å². The van der Waals surface area contributed by atoms with Crippen molar-refractivity contribution >= 4 is 5.91 Å². The average molecular weight is 290 g/mol. The molecule has 1 amide bonds. The predicted octanol–water partition coefficient (Wildman–Crippen LogP) is 2.58. The van der Waals surface area contributed by atoms with Gasteiger partial charge in [-0.15, -0.1) is 0 Å². The minimum atomic E-state index is -0.484. The number of hydrogen-bond acceptors (Lipinski definition) is 3. The van der Waals surface area contributed by atoms with Gasteiger partial charge in [-0.1, -0.05) is 6.07 Å². The van der Waals surface area contributed by atoms with Crippen molar-refractivity contribution in [3.8, 4) is 5.75 Å². The van der Waals surface area contributed by atoms with Crippen LogP contribution in [0.15, 0.2) is 18.2 Å². The van der Waals surface area contributed by atoms with Gasteiger partial charge in [0.25, 0.3) is 5.91 Å². The summed E-state index contributed by atoms with van der Waals surface area (Å²) in [6, 6.07) is 6.68. The van der Waals surface area contributed by atoms with Gasteiger partial charge in [0.05, 0.1) is 0 Å². The van der Waals surface area contributed by atoms with Gasteiger partial charge in [0, 0.05) is 12.1 Å². The molecule has 2 unspecified atom stereocenters. The number of benzene rings is 1. The summed E-state index contributed by atoms with van der Waals surface area (Å²) in [6.45, 7) is 5.68. The SMILES string of the molecule is CNC1CCCc2ccc(OC(C)C(=O)NC(C)C)cc21. The number of carbonyl (C=O) groups excluding carboxylic acids is 1. The Morgan fingerprint density at radius 2 is 2.10 bits per heavy atom. The highest BCUT2D eigenvalue weighted by molar-refractivity contribution is 5.80. The Morgan fingerprint density at radius 1 is 1.33 bits per heavy atom. The minimum absolute atomic E-state index is 0.0760. The standard InChI is InChI=1S/C17H26N2O2/c1-11(2)19-17(20)12(3)21-14-9-8-13-6-5-7-16(18-4)15(13)10-14/h8-12,16,18H,5-7H2,1-4H3,(H,19,20). The second-order valence-corrected chi connectivity index (χ2v) is 6.02. The summed E-state index contributed by atoms with van der Waals surface area (Å²) in [5.41, 5.74) is 2.69. The summed E-state index contributed by atoms with van der Waals surface area (Å²) in [4.78, 5) is 11.9. The fourth-order valence-electron chi connectivity index (χ4n) is 2.81. The molecule has 1 aromatic carbocycles. The van der Waals surface area contributed by atoms with Gasteiger partial charge in [-0.3, -0.25) is 4.79 Å². The molecule has 0 fully saturated rings. The number of aryl methyl sites for hydroxylation is 1. The molecule has 2 rings (SSSR count). The van der Waals surface area contributed by atoms with Crippen LogP contribution in [0.4, 0.5) is 0 Å². The quantitative estimate of drug-likeness (QED) is 0.876. The van der Waals surface area contributed by atoms with Crippen molar-refractivity contribution in [3.63, 3.8) is 0 Å². The molecule has 1 aromatic rings. The number of rotatable bonds is 5.